The van der Waals surface area contributed by atoms with Crippen molar-refractivity contribution in [1.82, 2.24) is 5.32 Å². The highest BCUT2D eigenvalue weighted by Gasteiger charge is 2.44. The van der Waals surface area contributed by atoms with Crippen LogP contribution in [0.5, 0.6) is 0 Å². The van der Waals surface area contributed by atoms with Gasteiger partial charge in [0.15, 0.2) is 0 Å². The lowest BCUT2D eigenvalue weighted by atomic mass is 9.57. The first-order chi connectivity index (χ1) is 8.54. The van der Waals surface area contributed by atoms with E-state index in [4.69, 9.17) is 0 Å². The molecule has 0 amide bonds. The molecule has 2 unspecified atom stereocenters. The Kier molecular flexibility index (Phi) is 4.11. The van der Waals surface area contributed by atoms with E-state index in [-0.39, 0.29) is 0 Å². The second-order valence-corrected chi connectivity index (χ2v) is 6.49. The van der Waals surface area contributed by atoms with Gasteiger partial charge >= 0.3 is 0 Å². The van der Waals surface area contributed by atoms with Crippen LogP contribution in [-0.4, -0.2) is 13.1 Å². The summed E-state index contributed by atoms with van der Waals surface area (Å²) >= 11 is 0. The van der Waals surface area contributed by atoms with E-state index in [1.165, 1.54) is 24.0 Å². The molecule has 1 aliphatic rings. The first-order valence-electron chi connectivity index (χ1n) is 7.32. The lowest BCUT2D eigenvalue weighted by Gasteiger charge is -2.49. The zero-order valence-corrected chi connectivity index (χ0v) is 12.3. The van der Waals surface area contributed by atoms with Crippen molar-refractivity contribution in [2.24, 2.45) is 11.8 Å². The molecule has 0 spiro atoms. The fraction of sp³-hybridized carbons (Fsp3) is 0.647. The minimum Gasteiger partial charge on any atom is -0.316 e. The second-order valence-electron chi connectivity index (χ2n) is 6.49. The van der Waals surface area contributed by atoms with Gasteiger partial charge in [-0.15, -0.1) is 0 Å². The van der Waals surface area contributed by atoms with Crippen molar-refractivity contribution in [3.8, 4) is 0 Å². The van der Waals surface area contributed by atoms with Gasteiger partial charge in [0.25, 0.3) is 0 Å². The molecule has 100 valence electrons. The van der Waals surface area contributed by atoms with Crippen LogP contribution in [-0.2, 0) is 5.41 Å². The molecule has 18 heavy (non-hydrogen) atoms. The molecule has 0 aromatic heterocycles. The molecule has 1 aromatic carbocycles. The molecular weight excluding hydrogens is 218 g/mol. The molecule has 0 heterocycles. The van der Waals surface area contributed by atoms with Crippen LogP contribution < -0.4 is 5.32 Å². The van der Waals surface area contributed by atoms with Crippen LogP contribution in [0.3, 0.4) is 0 Å². The minimum atomic E-state index is 0.391. The summed E-state index contributed by atoms with van der Waals surface area (Å²) in [6, 6.07) is 9.18. The van der Waals surface area contributed by atoms with Crippen LogP contribution in [0.2, 0.25) is 0 Å². The standard InChI is InChI=1S/C17H27N/c1-13(2)11-18-12-17(10-9-15(17)4)16-7-5-14(3)6-8-16/h5-8,13,15,18H,9-12H2,1-4H3. The molecule has 0 saturated heterocycles. The number of nitrogens with one attached hydrogen (secondary N) is 1. The van der Waals surface area contributed by atoms with Gasteiger partial charge in [-0.25, -0.2) is 0 Å². The van der Waals surface area contributed by atoms with Crippen molar-refractivity contribution in [3.63, 3.8) is 0 Å². The maximum absolute atomic E-state index is 3.67. The normalized spacial score (nSPS) is 27.3. The van der Waals surface area contributed by atoms with Crippen LogP contribution in [0.15, 0.2) is 24.3 Å². The SMILES string of the molecule is Cc1ccc(C2(CNCC(C)C)CCC2C)cc1. The third-order valence-corrected chi connectivity index (χ3v) is 4.59. The van der Waals surface area contributed by atoms with Gasteiger partial charge in [-0.1, -0.05) is 50.6 Å². The Labute approximate surface area is 112 Å². The van der Waals surface area contributed by atoms with Gasteiger partial charge in [-0.05, 0) is 43.7 Å². The molecule has 1 fully saturated rings. The summed E-state index contributed by atoms with van der Waals surface area (Å²) < 4.78 is 0. The number of aryl methyl sites for hydroxylation is 1. The fourth-order valence-corrected chi connectivity index (χ4v) is 3.04. The first-order valence-corrected chi connectivity index (χ1v) is 7.32. The third-order valence-electron chi connectivity index (χ3n) is 4.59. The van der Waals surface area contributed by atoms with Crippen molar-refractivity contribution in [3.05, 3.63) is 35.4 Å². The van der Waals surface area contributed by atoms with Gasteiger partial charge in [-0.3, -0.25) is 0 Å². The van der Waals surface area contributed by atoms with Crippen molar-refractivity contribution in [2.75, 3.05) is 13.1 Å². The summed E-state index contributed by atoms with van der Waals surface area (Å²) in [5.74, 6) is 1.54. The van der Waals surface area contributed by atoms with E-state index in [0.29, 0.717) is 5.41 Å². The minimum absolute atomic E-state index is 0.391. The number of benzene rings is 1. The smallest absolute Gasteiger partial charge is 0.0103 e. The van der Waals surface area contributed by atoms with Crippen molar-refractivity contribution in [2.45, 2.75) is 46.0 Å². The predicted octanol–water partition coefficient (Wildman–Crippen LogP) is 3.91. The summed E-state index contributed by atoms with van der Waals surface area (Å²) in [7, 11) is 0. The highest BCUT2D eigenvalue weighted by Crippen LogP contribution is 2.48. The largest absolute Gasteiger partial charge is 0.316 e. The Morgan fingerprint density at radius 3 is 2.39 bits per heavy atom. The molecule has 1 aliphatic carbocycles. The molecule has 2 rings (SSSR count). The summed E-state index contributed by atoms with van der Waals surface area (Å²) in [6.07, 6.45) is 2.71. The lowest BCUT2D eigenvalue weighted by Crippen LogP contribution is -2.50. The second kappa shape index (κ2) is 5.44. The topological polar surface area (TPSA) is 12.0 Å². The lowest BCUT2D eigenvalue weighted by molar-refractivity contribution is 0.133. The molecular formula is C17H27N. The summed E-state index contributed by atoms with van der Waals surface area (Å²) in [4.78, 5) is 0. The van der Waals surface area contributed by atoms with Crippen LogP contribution in [0.4, 0.5) is 0 Å². The van der Waals surface area contributed by atoms with Gasteiger partial charge < -0.3 is 5.32 Å². The fourth-order valence-electron chi connectivity index (χ4n) is 3.04. The van der Waals surface area contributed by atoms with Crippen LogP contribution >= 0.6 is 0 Å². The Balaban J connectivity index is 2.09. The van der Waals surface area contributed by atoms with Crippen LogP contribution in [0.25, 0.3) is 0 Å². The molecule has 0 bridgehead atoms. The quantitative estimate of drug-likeness (QED) is 0.829. The monoisotopic (exact) mass is 245 g/mol. The number of hydrogen-bond donors (Lipinski definition) is 1. The summed E-state index contributed by atoms with van der Waals surface area (Å²) in [5, 5.41) is 3.67. The molecule has 0 aliphatic heterocycles. The van der Waals surface area contributed by atoms with Gasteiger partial charge in [0.05, 0.1) is 0 Å². The molecule has 1 heteroatoms. The number of rotatable bonds is 5. The van der Waals surface area contributed by atoms with E-state index in [1.807, 2.05) is 0 Å². The van der Waals surface area contributed by atoms with E-state index in [2.05, 4.69) is 57.3 Å². The van der Waals surface area contributed by atoms with E-state index in [0.717, 1.165) is 24.9 Å². The molecule has 1 aromatic rings. The molecule has 0 radical (unpaired) electrons. The highest BCUT2D eigenvalue weighted by atomic mass is 14.9. The van der Waals surface area contributed by atoms with Gasteiger partial charge in [0.1, 0.15) is 0 Å². The summed E-state index contributed by atoms with van der Waals surface area (Å²) in [5.41, 5.74) is 3.28. The number of hydrogen-bond acceptors (Lipinski definition) is 1. The van der Waals surface area contributed by atoms with Crippen molar-refractivity contribution in [1.29, 1.82) is 0 Å². The zero-order chi connectivity index (χ0) is 13.2. The maximum atomic E-state index is 3.67. The van der Waals surface area contributed by atoms with E-state index in [9.17, 15) is 0 Å². The van der Waals surface area contributed by atoms with Gasteiger partial charge in [0, 0.05) is 12.0 Å². The van der Waals surface area contributed by atoms with E-state index in [1.54, 1.807) is 0 Å². The molecule has 1 saturated carbocycles. The summed E-state index contributed by atoms with van der Waals surface area (Å²) in [6.45, 7) is 11.4. The molecule has 1 N–H and O–H groups in total. The Bertz CT molecular complexity index is 379. The zero-order valence-electron chi connectivity index (χ0n) is 12.3. The predicted molar refractivity (Wildman–Crippen MR) is 79.0 cm³/mol. The Morgan fingerprint density at radius 1 is 1.28 bits per heavy atom. The Hall–Kier alpha value is -0.820. The van der Waals surface area contributed by atoms with Gasteiger partial charge in [-0.2, -0.15) is 0 Å². The van der Waals surface area contributed by atoms with Crippen LogP contribution in [0, 0.1) is 18.8 Å². The van der Waals surface area contributed by atoms with E-state index < -0.39 is 0 Å². The Morgan fingerprint density at radius 2 is 1.94 bits per heavy atom. The average Bonchev–Trinajstić information content (AvgIpc) is 2.34. The molecule has 2 atom stereocenters. The molecule has 1 nitrogen and oxygen atoms in total. The van der Waals surface area contributed by atoms with Crippen molar-refractivity contribution < 1.29 is 0 Å². The average molecular weight is 245 g/mol. The first kappa shape index (κ1) is 13.6. The third kappa shape index (κ3) is 2.61. The van der Waals surface area contributed by atoms with Gasteiger partial charge in [0.2, 0.25) is 0 Å². The van der Waals surface area contributed by atoms with Crippen molar-refractivity contribution >= 4 is 0 Å². The van der Waals surface area contributed by atoms with E-state index >= 15 is 0 Å². The maximum Gasteiger partial charge on any atom is 0.0103 e. The van der Waals surface area contributed by atoms with Crippen LogP contribution in [0.1, 0.15) is 44.7 Å². The highest BCUT2D eigenvalue weighted by molar-refractivity contribution is 5.32.